The van der Waals surface area contributed by atoms with Crippen LogP contribution in [0, 0.1) is 0 Å². The third-order valence-corrected chi connectivity index (χ3v) is 4.07. The molecule has 1 atom stereocenters. The van der Waals surface area contributed by atoms with Crippen molar-refractivity contribution in [2.45, 2.75) is 31.8 Å². The largest absolute Gasteiger partial charge is 0.472 e. The summed E-state index contributed by atoms with van der Waals surface area (Å²) in [6.45, 7) is 2.51. The highest BCUT2D eigenvalue weighted by Gasteiger charge is 2.26. The Hall–Kier alpha value is -1.85. The Morgan fingerprint density at radius 3 is 2.96 bits per heavy atom. The van der Waals surface area contributed by atoms with Gasteiger partial charge < -0.3 is 14.6 Å². The first-order valence-corrected chi connectivity index (χ1v) is 7.78. The Morgan fingerprint density at radius 2 is 2.22 bits per heavy atom. The first kappa shape index (κ1) is 17.5. The van der Waals surface area contributed by atoms with Crippen LogP contribution in [0.3, 0.4) is 0 Å². The van der Waals surface area contributed by atoms with Crippen molar-refractivity contribution in [3.8, 4) is 0 Å². The van der Waals surface area contributed by atoms with Gasteiger partial charge in [0.1, 0.15) is 6.26 Å². The molecule has 0 saturated carbocycles. The molecule has 0 aromatic carbocycles. The molecule has 1 aliphatic heterocycles. The van der Waals surface area contributed by atoms with E-state index in [-0.39, 0.29) is 24.4 Å². The lowest BCUT2D eigenvalue weighted by Crippen LogP contribution is -2.40. The lowest BCUT2D eigenvalue weighted by Gasteiger charge is -2.30. The number of amides is 1. The molecule has 0 bridgehead atoms. The van der Waals surface area contributed by atoms with E-state index in [9.17, 15) is 4.79 Å². The number of aromatic nitrogens is 1. The molecule has 5 nitrogen and oxygen atoms in total. The number of carbonyl (C=O) groups is 1. The molecular formula is C17H22ClN3O2. The number of hydrogen-bond acceptors (Lipinski definition) is 4. The van der Waals surface area contributed by atoms with Crippen LogP contribution in [0.5, 0.6) is 0 Å². The van der Waals surface area contributed by atoms with Crippen LogP contribution in [0.15, 0.2) is 47.4 Å². The molecule has 2 aromatic heterocycles. The van der Waals surface area contributed by atoms with Gasteiger partial charge in [-0.1, -0.05) is 6.07 Å². The average Bonchev–Trinajstić information content (AvgIpc) is 2.96. The zero-order valence-corrected chi connectivity index (χ0v) is 13.8. The number of rotatable bonds is 4. The summed E-state index contributed by atoms with van der Waals surface area (Å²) in [4.78, 5) is 19.2. The maximum Gasteiger partial charge on any atom is 0.257 e. The fraction of sp³-hybridized carbons (Fsp3) is 0.412. The molecule has 1 fully saturated rings. The second-order valence-electron chi connectivity index (χ2n) is 5.60. The van der Waals surface area contributed by atoms with E-state index in [0.717, 1.165) is 38.0 Å². The highest BCUT2D eigenvalue weighted by atomic mass is 35.5. The number of pyridine rings is 1. The summed E-state index contributed by atoms with van der Waals surface area (Å²) in [7, 11) is 0. The van der Waals surface area contributed by atoms with Crippen molar-refractivity contribution < 1.29 is 9.21 Å². The Bertz CT molecular complexity index is 581. The first-order chi connectivity index (χ1) is 10.8. The minimum atomic E-state index is 0. The molecule has 0 aliphatic carbocycles. The Balaban J connectivity index is 0.00000192. The fourth-order valence-corrected chi connectivity index (χ4v) is 2.90. The van der Waals surface area contributed by atoms with E-state index < -0.39 is 0 Å². The molecule has 3 heterocycles. The van der Waals surface area contributed by atoms with Crippen LogP contribution < -0.4 is 5.32 Å². The quantitative estimate of drug-likeness (QED) is 0.933. The van der Waals surface area contributed by atoms with Crippen LogP contribution in [-0.2, 0) is 6.54 Å². The van der Waals surface area contributed by atoms with Crippen molar-refractivity contribution in [1.29, 1.82) is 0 Å². The van der Waals surface area contributed by atoms with E-state index in [0.29, 0.717) is 12.1 Å². The topological polar surface area (TPSA) is 58.4 Å². The summed E-state index contributed by atoms with van der Waals surface area (Å²) in [5, 5.41) is 3.40. The van der Waals surface area contributed by atoms with E-state index in [1.165, 1.54) is 6.26 Å². The van der Waals surface area contributed by atoms with Crippen molar-refractivity contribution in [3.63, 3.8) is 0 Å². The number of furan rings is 1. The molecule has 1 saturated heterocycles. The summed E-state index contributed by atoms with van der Waals surface area (Å²) in [6, 6.07) is 7.77. The zero-order valence-electron chi connectivity index (χ0n) is 13.0. The van der Waals surface area contributed by atoms with Crippen LogP contribution in [0.25, 0.3) is 0 Å². The smallest absolute Gasteiger partial charge is 0.257 e. The van der Waals surface area contributed by atoms with Gasteiger partial charge in [0.25, 0.3) is 5.91 Å². The molecule has 23 heavy (non-hydrogen) atoms. The standard InChI is InChI=1S/C17H21N3O2.ClH/c21-17(14-7-11-22-13-14)20(12-15-4-1-2-9-19-15)16-5-3-8-18-10-6-16;/h1-2,4,7,9,11,13,16,18H,3,5-6,8,10,12H2;1H. The third-order valence-electron chi connectivity index (χ3n) is 4.07. The van der Waals surface area contributed by atoms with Gasteiger partial charge in [-0.3, -0.25) is 9.78 Å². The molecule has 1 aliphatic rings. The summed E-state index contributed by atoms with van der Waals surface area (Å²) < 4.78 is 5.07. The van der Waals surface area contributed by atoms with E-state index in [1.807, 2.05) is 23.1 Å². The molecule has 124 valence electrons. The number of nitrogens with zero attached hydrogens (tertiary/aromatic N) is 2. The van der Waals surface area contributed by atoms with Crippen LogP contribution in [-0.4, -0.2) is 34.9 Å². The first-order valence-electron chi connectivity index (χ1n) is 7.78. The van der Waals surface area contributed by atoms with Gasteiger partial charge in [-0.25, -0.2) is 0 Å². The molecule has 1 amide bonds. The summed E-state index contributed by atoms with van der Waals surface area (Å²) >= 11 is 0. The van der Waals surface area contributed by atoms with Gasteiger partial charge in [-0.15, -0.1) is 12.4 Å². The lowest BCUT2D eigenvalue weighted by atomic mass is 10.1. The Labute approximate surface area is 142 Å². The van der Waals surface area contributed by atoms with Crippen molar-refractivity contribution in [2.75, 3.05) is 13.1 Å². The van der Waals surface area contributed by atoms with Gasteiger partial charge in [0.15, 0.2) is 0 Å². The second-order valence-corrected chi connectivity index (χ2v) is 5.60. The fourth-order valence-electron chi connectivity index (χ4n) is 2.90. The maximum atomic E-state index is 12.8. The molecule has 3 rings (SSSR count). The number of hydrogen-bond donors (Lipinski definition) is 1. The van der Waals surface area contributed by atoms with Gasteiger partial charge in [0.05, 0.1) is 24.1 Å². The van der Waals surface area contributed by atoms with Gasteiger partial charge in [0.2, 0.25) is 0 Å². The molecule has 0 spiro atoms. The lowest BCUT2D eigenvalue weighted by molar-refractivity contribution is 0.0641. The minimum Gasteiger partial charge on any atom is -0.472 e. The third kappa shape index (κ3) is 4.56. The Kier molecular flexibility index (Phi) is 6.62. The van der Waals surface area contributed by atoms with Gasteiger partial charge in [-0.2, -0.15) is 0 Å². The predicted octanol–water partition coefficient (Wildman–Crippen LogP) is 2.88. The molecular weight excluding hydrogens is 314 g/mol. The number of carbonyl (C=O) groups excluding carboxylic acids is 1. The van der Waals surface area contributed by atoms with Gasteiger partial charge in [0, 0.05) is 12.2 Å². The SMILES string of the molecule is Cl.O=C(c1ccoc1)N(Cc1ccccn1)C1CCCNCC1. The monoisotopic (exact) mass is 335 g/mol. The van der Waals surface area contributed by atoms with Gasteiger partial charge >= 0.3 is 0 Å². The van der Waals surface area contributed by atoms with Crippen molar-refractivity contribution in [3.05, 3.63) is 54.2 Å². The second kappa shape index (κ2) is 8.70. The number of nitrogens with one attached hydrogen (secondary N) is 1. The van der Waals surface area contributed by atoms with Crippen molar-refractivity contribution in [2.24, 2.45) is 0 Å². The highest BCUT2D eigenvalue weighted by molar-refractivity contribution is 5.94. The predicted molar refractivity (Wildman–Crippen MR) is 90.6 cm³/mol. The van der Waals surface area contributed by atoms with Crippen molar-refractivity contribution >= 4 is 18.3 Å². The van der Waals surface area contributed by atoms with Crippen LogP contribution in [0.4, 0.5) is 0 Å². The van der Waals surface area contributed by atoms with E-state index >= 15 is 0 Å². The molecule has 1 N–H and O–H groups in total. The average molecular weight is 336 g/mol. The van der Waals surface area contributed by atoms with Crippen molar-refractivity contribution in [1.82, 2.24) is 15.2 Å². The van der Waals surface area contributed by atoms with Crippen LogP contribution in [0.2, 0.25) is 0 Å². The van der Waals surface area contributed by atoms with Gasteiger partial charge in [-0.05, 0) is 50.6 Å². The molecule has 6 heteroatoms. The summed E-state index contributed by atoms with van der Waals surface area (Å²) in [5.74, 6) is 0.0197. The van der Waals surface area contributed by atoms with Crippen LogP contribution >= 0.6 is 12.4 Å². The summed E-state index contributed by atoms with van der Waals surface area (Å²) in [6.07, 6.45) is 7.90. The van der Waals surface area contributed by atoms with E-state index in [1.54, 1.807) is 18.5 Å². The Morgan fingerprint density at radius 1 is 1.30 bits per heavy atom. The molecule has 2 aromatic rings. The van der Waals surface area contributed by atoms with Crippen LogP contribution in [0.1, 0.15) is 35.3 Å². The molecule has 1 unspecified atom stereocenters. The minimum absolute atomic E-state index is 0. The zero-order chi connectivity index (χ0) is 15.2. The maximum absolute atomic E-state index is 12.8. The van der Waals surface area contributed by atoms with E-state index in [2.05, 4.69) is 10.3 Å². The molecule has 0 radical (unpaired) electrons. The number of halogens is 1. The van der Waals surface area contributed by atoms with E-state index in [4.69, 9.17) is 4.42 Å². The normalized spacial score (nSPS) is 17.8. The highest BCUT2D eigenvalue weighted by Crippen LogP contribution is 2.19. The summed E-state index contributed by atoms with van der Waals surface area (Å²) in [5.41, 5.74) is 1.52.